The van der Waals surface area contributed by atoms with E-state index in [1.165, 1.54) is 0 Å². The molecule has 25 heavy (non-hydrogen) atoms. The lowest BCUT2D eigenvalue weighted by atomic mass is 10.1. The van der Waals surface area contributed by atoms with E-state index in [9.17, 15) is 4.79 Å². The molecule has 128 valence electrons. The van der Waals surface area contributed by atoms with Crippen LogP contribution in [0.1, 0.15) is 0 Å². The molecule has 0 radical (unpaired) electrons. The summed E-state index contributed by atoms with van der Waals surface area (Å²) in [5.41, 5.74) is 0. The number of rotatable bonds is 6. The average Bonchev–Trinajstić information content (AvgIpc) is 2.66. The second-order valence-electron chi connectivity index (χ2n) is 5.31. The van der Waals surface area contributed by atoms with E-state index in [1.54, 1.807) is 50.6 Å². The minimum atomic E-state index is -0.474. The molecule has 5 nitrogen and oxygen atoms in total. The molecular weight excluding hydrogens is 320 g/mol. The number of carbonyl (C=O) groups excluding carboxylic acids is 1. The summed E-state index contributed by atoms with van der Waals surface area (Å²) in [5, 5.41) is 1.97. The van der Waals surface area contributed by atoms with E-state index < -0.39 is 5.97 Å². The lowest BCUT2D eigenvalue weighted by molar-refractivity contribution is -0.136. The number of benzene rings is 3. The summed E-state index contributed by atoms with van der Waals surface area (Å²) in [6, 6.07) is 18.1. The SMILES string of the molecule is COc1ccc(OCC(=O)Oc2ccc3ccc(OC)cc3c2)cc1. The topological polar surface area (TPSA) is 54.0 Å². The summed E-state index contributed by atoms with van der Waals surface area (Å²) in [4.78, 5) is 12.0. The fourth-order valence-corrected chi connectivity index (χ4v) is 2.37. The second kappa shape index (κ2) is 7.57. The molecule has 3 rings (SSSR count). The summed E-state index contributed by atoms with van der Waals surface area (Å²) in [7, 11) is 3.20. The van der Waals surface area contributed by atoms with Gasteiger partial charge in [0.2, 0.25) is 0 Å². The van der Waals surface area contributed by atoms with E-state index in [0.717, 1.165) is 22.3 Å². The maximum atomic E-state index is 12.0. The van der Waals surface area contributed by atoms with Gasteiger partial charge in [-0.15, -0.1) is 0 Å². The molecule has 0 amide bonds. The Kier molecular flexibility index (Phi) is 5.04. The lowest BCUT2D eigenvalue weighted by Gasteiger charge is -2.08. The van der Waals surface area contributed by atoms with Gasteiger partial charge in [-0.1, -0.05) is 12.1 Å². The Morgan fingerprint density at radius 1 is 0.720 bits per heavy atom. The molecule has 3 aromatic carbocycles. The van der Waals surface area contributed by atoms with Gasteiger partial charge in [-0.25, -0.2) is 4.79 Å². The Hall–Kier alpha value is -3.21. The number of esters is 1. The normalized spacial score (nSPS) is 10.3. The number of fused-ring (bicyclic) bond motifs is 1. The van der Waals surface area contributed by atoms with Crippen molar-refractivity contribution >= 4 is 16.7 Å². The molecule has 5 heteroatoms. The van der Waals surface area contributed by atoms with Crippen LogP contribution in [0.2, 0.25) is 0 Å². The van der Waals surface area contributed by atoms with Crippen LogP contribution in [0, 0.1) is 0 Å². The predicted octanol–water partition coefficient (Wildman–Crippen LogP) is 3.84. The average molecular weight is 338 g/mol. The van der Waals surface area contributed by atoms with Gasteiger partial charge >= 0.3 is 5.97 Å². The molecule has 0 unspecified atom stereocenters. The first-order chi connectivity index (χ1) is 12.2. The molecular formula is C20H18O5. The minimum Gasteiger partial charge on any atom is -0.497 e. The molecule has 0 aliphatic rings. The molecule has 0 atom stereocenters. The zero-order chi connectivity index (χ0) is 17.6. The number of carbonyl (C=O) groups is 1. The predicted molar refractivity (Wildman–Crippen MR) is 94.6 cm³/mol. The molecule has 3 aromatic rings. The van der Waals surface area contributed by atoms with Gasteiger partial charge in [0.25, 0.3) is 0 Å². The minimum absolute atomic E-state index is 0.178. The monoisotopic (exact) mass is 338 g/mol. The zero-order valence-corrected chi connectivity index (χ0v) is 14.0. The third-order valence-electron chi connectivity index (χ3n) is 3.67. The highest BCUT2D eigenvalue weighted by atomic mass is 16.6. The largest absolute Gasteiger partial charge is 0.497 e. The van der Waals surface area contributed by atoms with Gasteiger partial charge in [-0.2, -0.15) is 0 Å². The van der Waals surface area contributed by atoms with Crippen LogP contribution in [0.15, 0.2) is 60.7 Å². The quantitative estimate of drug-likeness (QED) is 0.505. The Morgan fingerprint density at radius 3 is 1.96 bits per heavy atom. The van der Waals surface area contributed by atoms with Crippen LogP contribution >= 0.6 is 0 Å². The fraction of sp³-hybridized carbons (Fsp3) is 0.150. The van der Waals surface area contributed by atoms with Gasteiger partial charge in [0, 0.05) is 0 Å². The number of methoxy groups -OCH3 is 2. The van der Waals surface area contributed by atoms with Gasteiger partial charge < -0.3 is 18.9 Å². The molecule has 0 aliphatic heterocycles. The van der Waals surface area contributed by atoms with Crippen LogP contribution in [0.5, 0.6) is 23.0 Å². The van der Waals surface area contributed by atoms with Gasteiger partial charge in [0.05, 0.1) is 14.2 Å². The standard InChI is InChI=1S/C20H18O5/c1-22-16-7-9-17(10-8-16)24-13-20(21)25-19-6-4-14-3-5-18(23-2)11-15(14)12-19/h3-12H,13H2,1-2H3. The Labute approximate surface area is 145 Å². The highest BCUT2D eigenvalue weighted by Gasteiger charge is 2.07. The Morgan fingerprint density at radius 2 is 1.28 bits per heavy atom. The van der Waals surface area contributed by atoms with Crippen LogP contribution in [0.4, 0.5) is 0 Å². The number of ether oxygens (including phenoxy) is 4. The van der Waals surface area contributed by atoms with Crippen molar-refractivity contribution in [1.29, 1.82) is 0 Å². The van der Waals surface area contributed by atoms with Crippen LogP contribution in [-0.2, 0) is 4.79 Å². The zero-order valence-electron chi connectivity index (χ0n) is 14.0. The summed E-state index contributed by atoms with van der Waals surface area (Å²) in [6.07, 6.45) is 0. The molecule has 0 aromatic heterocycles. The first-order valence-electron chi connectivity index (χ1n) is 7.73. The molecule has 0 heterocycles. The number of hydrogen-bond donors (Lipinski definition) is 0. The highest BCUT2D eigenvalue weighted by molar-refractivity contribution is 5.86. The summed E-state index contributed by atoms with van der Waals surface area (Å²) in [5.74, 6) is 2.03. The molecule has 0 saturated carbocycles. The van der Waals surface area contributed by atoms with Gasteiger partial charge in [-0.05, 0) is 59.3 Å². The third-order valence-corrected chi connectivity index (χ3v) is 3.67. The Bertz CT molecular complexity index is 871. The fourth-order valence-electron chi connectivity index (χ4n) is 2.37. The van der Waals surface area contributed by atoms with Crippen LogP contribution < -0.4 is 18.9 Å². The summed E-state index contributed by atoms with van der Waals surface area (Å²) < 4.78 is 21.0. The smallest absolute Gasteiger partial charge is 0.349 e. The third kappa shape index (κ3) is 4.20. The van der Waals surface area contributed by atoms with Crippen LogP contribution in [0.3, 0.4) is 0 Å². The maximum absolute atomic E-state index is 12.0. The van der Waals surface area contributed by atoms with E-state index >= 15 is 0 Å². The van der Waals surface area contributed by atoms with Crippen LogP contribution in [0.25, 0.3) is 10.8 Å². The van der Waals surface area contributed by atoms with Crippen molar-refractivity contribution in [3.63, 3.8) is 0 Å². The van der Waals surface area contributed by atoms with Crippen LogP contribution in [-0.4, -0.2) is 26.8 Å². The molecule has 0 N–H and O–H groups in total. The van der Waals surface area contributed by atoms with Crippen molar-refractivity contribution in [3.8, 4) is 23.0 Å². The molecule has 0 spiro atoms. The summed E-state index contributed by atoms with van der Waals surface area (Å²) >= 11 is 0. The van der Waals surface area contributed by atoms with E-state index in [4.69, 9.17) is 18.9 Å². The first-order valence-corrected chi connectivity index (χ1v) is 7.73. The first kappa shape index (κ1) is 16.6. The van der Waals surface area contributed by atoms with Gasteiger partial charge in [-0.3, -0.25) is 0 Å². The molecule has 0 aliphatic carbocycles. The van der Waals surface area contributed by atoms with Crippen molar-refractivity contribution in [2.24, 2.45) is 0 Å². The Balaban J connectivity index is 1.62. The lowest BCUT2D eigenvalue weighted by Crippen LogP contribution is -2.17. The highest BCUT2D eigenvalue weighted by Crippen LogP contribution is 2.25. The second-order valence-corrected chi connectivity index (χ2v) is 5.31. The van der Waals surface area contributed by atoms with Crippen molar-refractivity contribution in [3.05, 3.63) is 60.7 Å². The molecule has 0 saturated heterocycles. The molecule has 0 bridgehead atoms. The van der Waals surface area contributed by atoms with Gasteiger partial charge in [0.1, 0.15) is 23.0 Å². The van der Waals surface area contributed by atoms with E-state index in [0.29, 0.717) is 11.5 Å². The van der Waals surface area contributed by atoms with Gasteiger partial charge in [0.15, 0.2) is 6.61 Å². The molecule has 0 fully saturated rings. The van der Waals surface area contributed by atoms with E-state index in [1.807, 2.05) is 24.3 Å². The van der Waals surface area contributed by atoms with Crippen molar-refractivity contribution in [1.82, 2.24) is 0 Å². The summed E-state index contributed by atoms with van der Waals surface area (Å²) in [6.45, 7) is -0.178. The van der Waals surface area contributed by atoms with Crippen molar-refractivity contribution in [2.75, 3.05) is 20.8 Å². The van der Waals surface area contributed by atoms with E-state index in [-0.39, 0.29) is 6.61 Å². The van der Waals surface area contributed by atoms with Crippen molar-refractivity contribution in [2.45, 2.75) is 0 Å². The maximum Gasteiger partial charge on any atom is 0.349 e. The van der Waals surface area contributed by atoms with E-state index in [2.05, 4.69) is 0 Å². The number of hydrogen-bond acceptors (Lipinski definition) is 5. The van der Waals surface area contributed by atoms with Crippen molar-refractivity contribution < 1.29 is 23.7 Å².